The standard InChI is InChI=1S/C28H33ClN4O4/c1-5-37-27(35)24-23(31(4)28(36)30-25(24)21-7-6-8-22(29)15-21)17-32-13-14-33(19(3)16-32)26(34)20-11-9-18(2)10-12-20/h6-12,15,19,25H,5,13-14,16-17H2,1-4H3,(H,30,36)/t19-,25-/m0/s1. The van der Waals surface area contributed by atoms with E-state index in [0.717, 1.165) is 5.56 Å². The lowest BCUT2D eigenvalue weighted by molar-refractivity contribution is -0.139. The quantitative estimate of drug-likeness (QED) is 0.577. The highest BCUT2D eigenvalue weighted by molar-refractivity contribution is 6.30. The van der Waals surface area contributed by atoms with Crippen LogP contribution < -0.4 is 5.32 Å². The Morgan fingerprint density at radius 2 is 1.86 bits per heavy atom. The first-order chi connectivity index (χ1) is 17.7. The van der Waals surface area contributed by atoms with E-state index in [4.69, 9.17) is 16.3 Å². The Kier molecular flexibility index (Phi) is 8.19. The van der Waals surface area contributed by atoms with E-state index in [1.54, 1.807) is 32.2 Å². The van der Waals surface area contributed by atoms with E-state index in [0.29, 0.717) is 53.6 Å². The van der Waals surface area contributed by atoms with Crippen molar-refractivity contribution in [1.82, 2.24) is 20.0 Å². The minimum atomic E-state index is -0.682. The number of rotatable bonds is 6. The molecular formula is C28H33ClN4O4. The second-order valence-corrected chi connectivity index (χ2v) is 9.96. The number of urea groups is 1. The fourth-order valence-corrected chi connectivity index (χ4v) is 5.09. The zero-order valence-electron chi connectivity index (χ0n) is 21.7. The van der Waals surface area contributed by atoms with E-state index in [-0.39, 0.29) is 24.6 Å². The van der Waals surface area contributed by atoms with E-state index in [2.05, 4.69) is 10.2 Å². The molecule has 0 aliphatic carbocycles. The number of halogens is 1. The number of carbonyl (C=O) groups excluding carboxylic acids is 3. The summed E-state index contributed by atoms with van der Waals surface area (Å²) >= 11 is 6.22. The molecule has 2 atom stereocenters. The van der Waals surface area contributed by atoms with Gasteiger partial charge in [-0.05, 0) is 50.6 Å². The minimum Gasteiger partial charge on any atom is -0.463 e. The molecule has 37 heavy (non-hydrogen) atoms. The number of aryl methyl sites for hydroxylation is 1. The summed E-state index contributed by atoms with van der Waals surface area (Å²) in [5.74, 6) is -0.468. The number of hydrogen-bond donors (Lipinski definition) is 1. The van der Waals surface area contributed by atoms with Crippen molar-refractivity contribution in [3.8, 4) is 0 Å². The van der Waals surface area contributed by atoms with Crippen molar-refractivity contribution in [3.05, 3.63) is 81.5 Å². The predicted molar refractivity (Wildman–Crippen MR) is 142 cm³/mol. The van der Waals surface area contributed by atoms with Crippen LogP contribution in [0, 0.1) is 6.92 Å². The number of esters is 1. The fourth-order valence-electron chi connectivity index (χ4n) is 4.89. The van der Waals surface area contributed by atoms with Gasteiger partial charge in [0.15, 0.2) is 0 Å². The zero-order valence-corrected chi connectivity index (χ0v) is 22.4. The fraction of sp³-hybridized carbons (Fsp3) is 0.393. The van der Waals surface area contributed by atoms with Gasteiger partial charge in [0.25, 0.3) is 5.91 Å². The van der Waals surface area contributed by atoms with Gasteiger partial charge in [0.1, 0.15) is 0 Å². The molecule has 9 heteroatoms. The van der Waals surface area contributed by atoms with Crippen LogP contribution in [0.5, 0.6) is 0 Å². The molecule has 2 aromatic rings. The first-order valence-electron chi connectivity index (χ1n) is 12.5. The van der Waals surface area contributed by atoms with Gasteiger partial charge in [0.2, 0.25) is 0 Å². The zero-order chi connectivity index (χ0) is 26.7. The molecule has 4 rings (SSSR count). The van der Waals surface area contributed by atoms with Crippen LogP contribution in [0.3, 0.4) is 0 Å². The summed E-state index contributed by atoms with van der Waals surface area (Å²) in [7, 11) is 1.65. The van der Waals surface area contributed by atoms with Crippen molar-refractivity contribution in [2.24, 2.45) is 0 Å². The molecule has 2 aliphatic rings. The molecule has 1 saturated heterocycles. The van der Waals surface area contributed by atoms with Gasteiger partial charge in [0, 0.05) is 55.6 Å². The van der Waals surface area contributed by atoms with Gasteiger partial charge in [-0.3, -0.25) is 14.6 Å². The second-order valence-electron chi connectivity index (χ2n) is 9.53. The topological polar surface area (TPSA) is 82.2 Å². The summed E-state index contributed by atoms with van der Waals surface area (Å²) in [4.78, 5) is 44.8. The Hall–Kier alpha value is -3.36. The number of likely N-dealkylation sites (N-methyl/N-ethyl adjacent to an activating group) is 1. The Labute approximate surface area is 222 Å². The van der Waals surface area contributed by atoms with Gasteiger partial charge in [-0.25, -0.2) is 9.59 Å². The van der Waals surface area contributed by atoms with Crippen LogP contribution in [0.4, 0.5) is 4.79 Å². The average Bonchev–Trinajstić information content (AvgIpc) is 2.87. The minimum absolute atomic E-state index is 0.00811. The number of nitrogens with zero attached hydrogens (tertiary/aromatic N) is 3. The Morgan fingerprint density at radius 1 is 1.14 bits per heavy atom. The number of ether oxygens (including phenoxy) is 1. The van der Waals surface area contributed by atoms with Gasteiger partial charge < -0.3 is 15.0 Å². The largest absolute Gasteiger partial charge is 0.463 e. The Bertz CT molecular complexity index is 1210. The second kappa shape index (κ2) is 11.4. The predicted octanol–water partition coefficient (Wildman–Crippen LogP) is 4.01. The summed E-state index contributed by atoms with van der Waals surface area (Å²) < 4.78 is 5.41. The summed E-state index contributed by atoms with van der Waals surface area (Å²) in [5.41, 5.74) is 3.45. The Morgan fingerprint density at radius 3 is 2.51 bits per heavy atom. The van der Waals surface area contributed by atoms with Crippen molar-refractivity contribution in [2.45, 2.75) is 32.9 Å². The van der Waals surface area contributed by atoms with E-state index in [9.17, 15) is 14.4 Å². The first kappa shape index (κ1) is 26.7. The molecule has 2 aliphatic heterocycles. The lowest BCUT2D eigenvalue weighted by Crippen LogP contribution is -2.56. The smallest absolute Gasteiger partial charge is 0.338 e. The molecular weight excluding hydrogens is 492 g/mol. The number of carbonyl (C=O) groups is 3. The van der Waals surface area contributed by atoms with Crippen LogP contribution in [0.2, 0.25) is 5.02 Å². The highest BCUT2D eigenvalue weighted by atomic mass is 35.5. The number of amides is 3. The lowest BCUT2D eigenvalue weighted by Gasteiger charge is -2.42. The van der Waals surface area contributed by atoms with E-state index < -0.39 is 12.0 Å². The van der Waals surface area contributed by atoms with Crippen LogP contribution in [-0.2, 0) is 9.53 Å². The van der Waals surface area contributed by atoms with Crippen molar-refractivity contribution in [3.63, 3.8) is 0 Å². The number of benzene rings is 2. The monoisotopic (exact) mass is 524 g/mol. The summed E-state index contributed by atoms with van der Waals surface area (Å²) in [6.45, 7) is 8.11. The molecule has 2 heterocycles. The maximum atomic E-state index is 13.2. The third-order valence-corrected chi connectivity index (χ3v) is 7.13. The van der Waals surface area contributed by atoms with E-state index in [1.165, 1.54) is 4.90 Å². The van der Waals surface area contributed by atoms with Gasteiger partial charge >= 0.3 is 12.0 Å². The molecule has 0 spiro atoms. The molecule has 0 saturated carbocycles. The van der Waals surface area contributed by atoms with Gasteiger partial charge in [-0.15, -0.1) is 0 Å². The highest BCUT2D eigenvalue weighted by Crippen LogP contribution is 2.33. The highest BCUT2D eigenvalue weighted by Gasteiger charge is 2.38. The maximum absolute atomic E-state index is 13.2. The molecule has 0 bridgehead atoms. The van der Waals surface area contributed by atoms with Crippen LogP contribution in [-0.4, -0.2) is 78.5 Å². The molecule has 0 unspecified atom stereocenters. The molecule has 196 valence electrons. The van der Waals surface area contributed by atoms with Crippen LogP contribution >= 0.6 is 11.6 Å². The van der Waals surface area contributed by atoms with Crippen molar-refractivity contribution in [1.29, 1.82) is 0 Å². The van der Waals surface area contributed by atoms with Gasteiger partial charge in [-0.2, -0.15) is 0 Å². The summed E-state index contributed by atoms with van der Waals surface area (Å²) in [5, 5.41) is 3.43. The van der Waals surface area contributed by atoms with Crippen molar-refractivity contribution < 1.29 is 19.1 Å². The van der Waals surface area contributed by atoms with Crippen molar-refractivity contribution in [2.75, 3.05) is 39.8 Å². The number of piperazine rings is 1. The van der Waals surface area contributed by atoms with Crippen LogP contribution in [0.1, 0.15) is 41.4 Å². The number of hydrogen-bond acceptors (Lipinski definition) is 5. The molecule has 0 aromatic heterocycles. The summed E-state index contributed by atoms with van der Waals surface area (Å²) in [6, 6.07) is 13.7. The lowest BCUT2D eigenvalue weighted by atomic mass is 9.94. The third kappa shape index (κ3) is 5.81. The van der Waals surface area contributed by atoms with Crippen LogP contribution in [0.25, 0.3) is 0 Å². The van der Waals surface area contributed by atoms with E-state index in [1.807, 2.05) is 49.1 Å². The summed E-state index contributed by atoms with van der Waals surface area (Å²) in [6.07, 6.45) is 0. The molecule has 1 fully saturated rings. The van der Waals surface area contributed by atoms with Gasteiger partial charge in [0.05, 0.1) is 18.2 Å². The molecule has 0 radical (unpaired) electrons. The van der Waals surface area contributed by atoms with E-state index >= 15 is 0 Å². The SMILES string of the molecule is CCOC(=O)C1=C(CN2CCN(C(=O)c3ccc(C)cc3)[C@@H](C)C2)N(C)C(=O)N[C@H]1c1cccc(Cl)c1. The number of nitrogens with one attached hydrogen (secondary N) is 1. The first-order valence-corrected chi connectivity index (χ1v) is 12.9. The third-order valence-electron chi connectivity index (χ3n) is 6.90. The molecule has 2 aromatic carbocycles. The van der Waals surface area contributed by atoms with Crippen LogP contribution in [0.15, 0.2) is 59.8 Å². The normalized spacial score (nSPS) is 20.6. The molecule has 3 amide bonds. The molecule has 8 nitrogen and oxygen atoms in total. The maximum Gasteiger partial charge on any atom is 0.338 e. The Balaban J connectivity index is 1.59. The van der Waals surface area contributed by atoms with Gasteiger partial charge in [-0.1, -0.05) is 41.4 Å². The molecule has 1 N–H and O–H groups in total. The average molecular weight is 525 g/mol. The van der Waals surface area contributed by atoms with Crippen molar-refractivity contribution >= 4 is 29.5 Å².